The first-order chi connectivity index (χ1) is 8.92. The van der Waals surface area contributed by atoms with Crippen LogP contribution in [0, 0.1) is 0 Å². The number of anilines is 1. The maximum Gasteiger partial charge on any atom is 0.0429 e. The number of hydrogen-bond donors (Lipinski definition) is 1. The monoisotopic (exact) mass is 244 g/mol. The Hall–Kier alpha value is -1.02. The summed E-state index contributed by atoms with van der Waals surface area (Å²) in [6.45, 7) is 3.82. The summed E-state index contributed by atoms with van der Waals surface area (Å²) in [5.41, 5.74) is 2.85. The van der Waals surface area contributed by atoms with Gasteiger partial charge < -0.3 is 10.2 Å². The molecule has 0 unspecified atom stereocenters. The lowest BCUT2D eigenvalue weighted by Gasteiger charge is -2.27. The van der Waals surface area contributed by atoms with Crippen molar-refractivity contribution in [3.63, 3.8) is 0 Å². The van der Waals surface area contributed by atoms with Crippen LogP contribution in [0.1, 0.15) is 37.7 Å². The SMILES string of the molecule is c1ccc2c(c1)C[C@@H](CN1CCCCCCC1)N2. The minimum Gasteiger partial charge on any atom is -0.380 e. The van der Waals surface area contributed by atoms with E-state index in [2.05, 4.69) is 34.5 Å². The number of benzene rings is 1. The Morgan fingerprint density at radius 1 is 1.00 bits per heavy atom. The Balaban J connectivity index is 1.55. The highest BCUT2D eigenvalue weighted by Gasteiger charge is 2.22. The lowest BCUT2D eigenvalue weighted by Crippen LogP contribution is -2.37. The Labute approximate surface area is 110 Å². The quantitative estimate of drug-likeness (QED) is 0.859. The number of para-hydroxylation sites is 1. The summed E-state index contributed by atoms with van der Waals surface area (Å²) in [5.74, 6) is 0. The molecule has 1 saturated heterocycles. The van der Waals surface area contributed by atoms with Crippen LogP contribution in [0.4, 0.5) is 5.69 Å². The minimum absolute atomic E-state index is 0.627. The van der Waals surface area contributed by atoms with E-state index in [4.69, 9.17) is 0 Å². The van der Waals surface area contributed by atoms with Crippen molar-refractivity contribution < 1.29 is 0 Å². The largest absolute Gasteiger partial charge is 0.380 e. The summed E-state index contributed by atoms with van der Waals surface area (Å²) in [6, 6.07) is 9.38. The molecular formula is C16H24N2. The number of fused-ring (bicyclic) bond motifs is 1. The fourth-order valence-corrected chi connectivity index (χ4v) is 3.29. The zero-order valence-electron chi connectivity index (χ0n) is 11.2. The first-order valence-electron chi connectivity index (χ1n) is 7.48. The maximum absolute atomic E-state index is 3.68. The molecule has 1 N–H and O–H groups in total. The van der Waals surface area contributed by atoms with E-state index in [1.165, 1.54) is 69.4 Å². The standard InChI is InChI=1S/C16H24N2/c1-2-6-10-18(11-7-3-1)13-15-12-14-8-4-5-9-16(14)17-15/h4-5,8-9,15,17H,1-3,6-7,10-13H2/t15-/m0/s1. The van der Waals surface area contributed by atoms with E-state index in [0.717, 1.165) is 0 Å². The molecule has 2 nitrogen and oxygen atoms in total. The second-order valence-electron chi connectivity index (χ2n) is 5.77. The van der Waals surface area contributed by atoms with Crippen LogP contribution in [0.15, 0.2) is 24.3 Å². The predicted octanol–water partition coefficient (Wildman–Crippen LogP) is 3.29. The van der Waals surface area contributed by atoms with Gasteiger partial charge in [0.1, 0.15) is 0 Å². The van der Waals surface area contributed by atoms with E-state index in [1.807, 2.05) is 0 Å². The number of rotatable bonds is 2. The maximum atomic E-state index is 3.68. The molecule has 0 amide bonds. The van der Waals surface area contributed by atoms with E-state index in [-0.39, 0.29) is 0 Å². The molecule has 0 radical (unpaired) electrons. The van der Waals surface area contributed by atoms with Crippen LogP contribution in [0.25, 0.3) is 0 Å². The van der Waals surface area contributed by atoms with Gasteiger partial charge >= 0.3 is 0 Å². The van der Waals surface area contributed by atoms with Gasteiger partial charge in [0.05, 0.1) is 0 Å². The molecule has 1 aromatic rings. The molecule has 0 aliphatic carbocycles. The van der Waals surface area contributed by atoms with Crippen molar-refractivity contribution in [2.75, 3.05) is 25.0 Å². The predicted molar refractivity (Wildman–Crippen MR) is 77.1 cm³/mol. The molecule has 0 bridgehead atoms. The van der Waals surface area contributed by atoms with Crippen molar-refractivity contribution in [2.24, 2.45) is 0 Å². The van der Waals surface area contributed by atoms with Crippen LogP contribution in [0.3, 0.4) is 0 Å². The topological polar surface area (TPSA) is 15.3 Å². The van der Waals surface area contributed by atoms with Gasteiger partial charge in [-0.3, -0.25) is 0 Å². The molecule has 1 aromatic carbocycles. The van der Waals surface area contributed by atoms with Gasteiger partial charge in [-0.25, -0.2) is 0 Å². The highest BCUT2D eigenvalue weighted by Crippen LogP contribution is 2.25. The summed E-state index contributed by atoms with van der Waals surface area (Å²) in [4.78, 5) is 2.67. The van der Waals surface area contributed by atoms with Gasteiger partial charge in [0, 0.05) is 18.3 Å². The summed E-state index contributed by atoms with van der Waals surface area (Å²) < 4.78 is 0. The molecule has 18 heavy (non-hydrogen) atoms. The van der Waals surface area contributed by atoms with Crippen molar-refractivity contribution in [2.45, 2.75) is 44.6 Å². The lowest BCUT2D eigenvalue weighted by molar-refractivity contribution is 0.239. The molecule has 98 valence electrons. The average molecular weight is 244 g/mol. The Bertz CT molecular complexity index is 355. The van der Waals surface area contributed by atoms with Gasteiger partial charge in [-0.15, -0.1) is 0 Å². The number of nitrogens with zero attached hydrogens (tertiary/aromatic N) is 1. The van der Waals surface area contributed by atoms with E-state index in [9.17, 15) is 0 Å². The van der Waals surface area contributed by atoms with Crippen LogP contribution in [-0.4, -0.2) is 30.6 Å². The zero-order chi connectivity index (χ0) is 12.2. The first kappa shape index (κ1) is 12.0. The normalized spacial score (nSPS) is 25.0. The summed E-state index contributed by atoms with van der Waals surface area (Å²) >= 11 is 0. The minimum atomic E-state index is 0.627. The smallest absolute Gasteiger partial charge is 0.0429 e. The fourth-order valence-electron chi connectivity index (χ4n) is 3.29. The Kier molecular flexibility index (Phi) is 3.84. The number of likely N-dealkylation sites (tertiary alicyclic amines) is 1. The fraction of sp³-hybridized carbons (Fsp3) is 0.625. The van der Waals surface area contributed by atoms with Crippen LogP contribution in [0.2, 0.25) is 0 Å². The van der Waals surface area contributed by atoms with Gasteiger partial charge in [0.25, 0.3) is 0 Å². The van der Waals surface area contributed by atoms with Crippen LogP contribution in [-0.2, 0) is 6.42 Å². The Morgan fingerprint density at radius 2 is 1.72 bits per heavy atom. The van der Waals surface area contributed by atoms with Crippen molar-refractivity contribution in [3.8, 4) is 0 Å². The Morgan fingerprint density at radius 3 is 2.50 bits per heavy atom. The van der Waals surface area contributed by atoms with Crippen LogP contribution in [0.5, 0.6) is 0 Å². The van der Waals surface area contributed by atoms with Crippen molar-refractivity contribution >= 4 is 5.69 Å². The lowest BCUT2D eigenvalue weighted by atomic mass is 10.1. The average Bonchev–Trinajstić information content (AvgIpc) is 2.74. The number of hydrogen-bond acceptors (Lipinski definition) is 2. The molecule has 0 saturated carbocycles. The second kappa shape index (κ2) is 5.75. The van der Waals surface area contributed by atoms with Gasteiger partial charge in [0.2, 0.25) is 0 Å². The molecular weight excluding hydrogens is 220 g/mol. The molecule has 2 heteroatoms. The van der Waals surface area contributed by atoms with E-state index in [0.29, 0.717) is 6.04 Å². The van der Waals surface area contributed by atoms with Crippen LogP contribution >= 0.6 is 0 Å². The molecule has 0 spiro atoms. The number of nitrogens with one attached hydrogen (secondary N) is 1. The molecule has 2 aliphatic heterocycles. The van der Waals surface area contributed by atoms with Crippen molar-refractivity contribution in [3.05, 3.63) is 29.8 Å². The highest BCUT2D eigenvalue weighted by molar-refractivity contribution is 5.56. The zero-order valence-corrected chi connectivity index (χ0v) is 11.2. The van der Waals surface area contributed by atoms with Gasteiger partial charge in [0.15, 0.2) is 0 Å². The van der Waals surface area contributed by atoms with E-state index < -0.39 is 0 Å². The molecule has 1 fully saturated rings. The second-order valence-corrected chi connectivity index (χ2v) is 5.77. The third kappa shape index (κ3) is 2.86. The summed E-state index contributed by atoms with van der Waals surface area (Å²) in [5, 5.41) is 3.68. The van der Waals surface area contributed by atoms with Gasteiger partial charge in [-0.05, 0) is 44.0 Å². The van der Waals surface area contributed by atoms with Crippen molar-refractivity contribution in [1.29, 1.82) is 0 Å². The van der Waals surface area contributed by atoms with Crippen LogP contribution < -0.4 is 5.32 Å². The molecule has 0 aromatic heterocycles. The van der Waals surface area contributed by atoms with Gasteiger partial charge in [-0.2, -0.15) is 0 Å². The van der Waals surface area contributed by atoms with Crippen molar-refractivity contribution in [1.82, 2.24) is 4.90 Å². The summed E-state index contributed by atoms with van der Waals surface area (Å²) in [7, 11) is 0. The molecule has 1 atom stereocenters. The highest BCUT2D eigenvalue weighted by atomic mass is 15.2. The molecule has 2 heterocycles. The summed E-state index contributed by atoms with van der Waals surface area (Å²) in [6.07, 6.45) is 8.27. The van der Waals surface area contributed by atoms with E-state index in [1.54, 1.807) is 0 Å². The first-order valence-corrected chi connectivity index (χ1v) is 7.48. The van der Waals surface area contributed by atoms with Gasteiger partial charge in [-0.1, -0.05) is 37.5 Å². The molecule has 2 aliphatic rings. The molecule has 3 rings (SSSR count). The third-order valence-corrected chi connectivity index (χ3v) is 4.27. The third-order valence-electron chi connectivity index (χ3n) is 4.27. The van der Waals surface area contributed by atoms with E-state index >= 15 is 0 Å².